The van der Waals surface area contributed by atoms with E-state index >= 15 is 0 Å². The normalized spacial score (nSPS) is 11.7. The van der Waals surface area contributed by atoms with E-state index in [1.807, 2.05) is 0 Å². The molecule has 1 rings (SSSR count). The average Bonchev–Trinajstić information content (AvgIpc) is 2.12. The zero-order valence-electron chi connectivity index (χ0n) is 8.22. The molecule has 0 aliphatic carbocycles. The molecule has 0 atom stereocenters. The molecule has 1 heterocycles. The molecule has 0 amide bonds. The van der Waals surface area contributed by atoms with Crippen LogP contribution in [-0.2, 0) is 0 Å². The van der Waals surface area contributed by atoms with Gasteiger partial charge in [-0.25, -0.2) is 13.6 Å². The molecule has 0 radical (unpaired) electrons. The molecule has 5 nitrogen and oxygen atoms in total. The fourth-order valence-corrected chi connectivity index (χ4v) is 1.12. The highest BCUT2D eigenvalue weighted by molar-refractivity contribution is 5.88. The Morgan fingerprint density at radius 2 is 1.94 bits per heavy atom. The second-order valence-electron chi connectivity index (χ2n) is 2.94. The molecule has 0 aliphatic rings. The second kappa shape index (κ2) is 4.63. The Balaban J connectivity index is 3.37. The van der Waals surface area contributed by atoms with Gasteiger partial charge in [0.15, 0.2) is 5.43 Å². The molecule has 0 spiro atoms. The summed E-state index contributed by atoms with van der Waals surface area (Å²) in [5, 5.41) is 8.50. The number of ether oxygens (including phenoxy) is 1. The number of pyridine rings is 1. The molecule has 10 heteroatoms. The van der Waals surface area contributed by atoms with Crippen molar-refractivity contribution in [3.05, 3.63) is 27.5 Å². The first-order chi connectivity index (χ1) is 8.11. The molecular formula is C8H4F5NO4. The molecule has 0 saturated heterocycles. The number of hydrogen-bond donors (Lipinski definition) is 2. The van der Waals surface area contributed by atoms with Crippen molar-refractivity contribution in [1.29, 1.82) is 0 Å². The van der Waals surface area contributed by atoms with Crippen LogP contribution in [0.1, 0.15) is 22.5 Å². The Labute approximate surface area is 94.8 Å². The zero-order chi connectivity index (χ0) is 14.1. The van der Waals surface area contributed by atoms with Crippen LogP contribution in [-0.4, -0.2) is 22.4 Å². The molecule has 0 fully saturated rings. The van der Waals surface area contributed by atoms with Crippen LogP contribution >= 0.6 is 0 Å². The smallest absolute Gasteiger partial charge is 0.477 e. The van der Waals surface area contributed by atoms with Gasteiger partial charge in [-0.15, -0.1) is 13.2 Å². The summed E-state index contributed by atoms with van der Waals surface area (Å²) >= 11 is 0. The Morgan fingerprint density at radius 3 is 2.33 bits per heavy atom. The lowest BCUT2D eigenvalue weighted by Gasteiger charge is -2.11. The monoisotopic (exact) mass is 273 g/mol. The number of aromatic amines is 1. The topological polar surface area (TPSA) is 79.4 Å². The molecule has 0 aliphatic heterocycles. The van der Waals surface area contributed by atoms with Crippen molar-refractivity contribution in [2.45, 2.75) is 12.8 Å². The van der Waals surface area contributed by atoms with Crippen molar-refractivity contribution in [2.24, 2.45) is 0 Å². The predicted octanol–water partition coefficient (Wildman–Crippen LogP) is 1.91. The number of H-pyrrole nitrogens is 1. The minimum Gasteiger partial charge on any atom is -0.477 e. The lowest BCUT2D eigenvalue weighted by Crippen LogP contribution is -2.23. The number of aromatic nitrogens is 1. The number of hydrogen-bond acceptors (Lipinski definition) is 3. The zero-order valence-corrected chi connectivity index (χ0v) is 8.22. The van der Waals surface area contributed by atoms with Gasteiger partial charge in [0.25, 0.3) is 6.43 Å². The Morgan fingerprint density at radius 1 is 1.39 bits per heavy atom. The number of nitrogens with one attached hydrogen (secondary N) is 1. The summed E-state index contributed by atoms with van der Waals surface area (Å²) in [5.41, 5.74) is -4.30. The van der Waals surface area contributed by atoms with Crippen molar-refractivity contribution in [2.75, 3.05) is 0 Å². The number of aromatic carboxylic acids is 1. The number of alkyl halides is 5. The first kappa shape index (κ1) is 13.9. The van der Waals surface area contributed by atoms with Gasteiger partial charge < -0.3 is 14.8 Å². The lowest BCUT2D eigenvalue weighted by atomic mass is 10.2. The first-order valence-corrected chi connectivity index (χ1v) is 4.16. The van der Waals surface area contributed by atoms with Crippen molar-refractivity contribution in [3.8, 4) is 5.88 Å². The second-order valence-corrected chi connectivity index (χ2v) is 2.94. The van der Waals surface area contributed by atoms with Crippen LogP contribution in [0.3, 0.4) is 0 Å². The number of carboxylic acids is 1. The van der Waals surface area contributed by atoms with E-state index in [9.17, 15) is 31.5 Å². The average molecular weight is 273 g/mol. The van der Waals surface area contributed by atoms with Gasteiger partial charge in [0.1, 0.15) is 11.3 Å². The quantitative estimate of drug-likeness (QED) is 0.824. The van der Waals surface area contributed by atoms with Gasteiger partial charge in [-0.2, -0.15) is 0 Å². The van der Waals surface area contributed by atoms with E-state index in [0.29, 0.717) is 0 Å². The summed E-state index contributed by atoms with van der Waals surface area (Å²) in [5.74, 6) is -3.29. The number of carboxylic acid groups (broad SMARTS) is 1. The standard InChI is InChI=1S/C8H4F5NO4/c9-6(10)5-4(7(16)17)2(15)1-3(14-5)18-8(11,12)13/h1,6H,(H,14,15)(H,16,17). The Hall–Kier alpha value is -2.13. The van der Waals surface area contributed by atoms with Crippen molar-refractivity contribution >= 4 is 5.97 Å². The van der Waals surface area contributed by atoms with Gasteiger partial charge in [-0.1, -0.05) is 0 Å². The maximum absolute atomic E-state index is 12.4. The fourth-order valence-electron chi connectivity index (χ4n) is 1.12. The molecule has 18 heavy (non-hydrogen) atoms. The molecule has 0 unspecified atom stereocenters. The van der Waals surface area contributed by atoms with E-state index in [1.165, 1.54) is 4.98 Å². The molecule has 0 saturated carbocycles. The number of halogens is 5. The van der Waals surface area contributed by atoms with Crippen LogP contribution in [0.15, 0.2) is 10.9 Å². The van der Waals surface area contributed by atoms with Crippen LogP contribution in [0.25, 0.3) is 0 Å². The first-order valence-electron chi connectivity index (χ1n) is 4.16. The van der Waals surface area contributed by atoms with Crippen LogP contribution in [0.2, 0.25) is 0 Å². The minimum absolute atomic E-state index is 0.128. The van der Waals surface area contributed by atoms with Crippen LogP contribution in [0, 0.1) is 0 Å². The lowest BCUT2D eigenvalue weighted by molar-refractivity contribution is -0.276. The highest BCUT2D eigenvalue weighted by Gasteiger charge is 2.33. The number of carbonyl (C=O) groups is 1. The van der Waals surface area contributed by atoms with E-state index < -0.39 is 41.3 Å². The summed E-state index contributed by atoms with van der Waals surface area (Å²) in [6.45, 7) is 0. The minimum atomic E-state index is -5.20. The molecule has 0 aromatic carbocycles. The van der Waals surface area contributed by atoms with E-state index in [2.05, 4.69) is 4.74 Å². The van der Waals surface area contributed by atoms with Gasteiger partial charge in [-0.05, 0) is 0 Å². The van der Waals surface area contributed by atoms with Gasteiger partial charge >= 0.3 is 12.3 Å². The molecule has 100 valence electrons. The van der Waals surface area contributed by atoms with Crippen LogP contribution in [0.5, 0.6) is 5.88 Å². The molecule has 2 N–H and O–H groups in total. The van der Waals surface area contributed by atoms with Gasteiger partial charge in [0.2, 0.25) is 5.88 Å². The third-order valence-corrected chi connectivity index (χ3v) is 1.69. The maximum atomic E-state index is 12.4. The highest BCUT2D eigenvalue weighted by Crippen LogP contribution is 2.24. The van der Waals surface area contributed by atoms with Gasteiger partial charge in [0, 0.05) is 6.07 Å². The van der Waals surface area contributed by atoms with Gasteiger partial charge in [-0.3, -0.25) is 4.79 Å². The van der Waals surface area contributed by atoms with Crippen LogP contribution in [0.4, 0.5) is 22.0 Å². The van der Waals surface area contributed by atoms with E-state index in [0.717, 1.165) is 0 Å². The Kier molecular flexibility index (Phi) is 3.58. The van der Waals surface area contributed by atoms with Crippen LogP contribution < -0.4 is 10.2 Å². The van der Waals surface area contributed by atoms with Crippen molar-refractivity contribution in [3.63, 3.8) is 0 Å². The predicted molar refractivity (Wildman–Crippen MR) is 45.7 cm³/mol. The summed E-state index contributed by atoms with van der Waals surface area (Å²) in [6.07, 6.45) is -8.67. The van der Waals surface area contributed by atoms with Crippen molar-refractivity contribution < 1.29 is 36.6 Å². The molecule has 0 bridgehead atoms. The fraction of sp³-hybridized carbons (Fsp3) is 0.250. The van der Waals surface area contributed by atoms with Gasteiger partial charge in [0.05, 0.1) is 0 Å². The summed E-state index contributed by atoms with van der Waals surface area (Å²) in [7, 11) is 0. The van der Waals surface area contributed by atoms with E-state index in [-0.39, 0.29) is 6.07 Å². The SMILES string of the molecule is O=C(O)c1c(C(F)F)[nH]c(OC(F)(F)F)cc1=O. The Bertz CT molecular complexity index is 521. The number of rotatable bonds is 3. The third-order valence-electron chi connectivity index (χ3n) is 1.69. The molecular weight excluding hydrogens is 269 g/mol. The third kappa shape index (κ3) is 3.18. The highest BCUT2D eigenvalue weighted by atomic mass is 19.4. The van der Waals surface area contributed by atoms with E-state index in [4.69, 9.17) is 5.11 Å². The summed E-state index contributed by atoms with van der Waals surface area (Å²) in [4.78, 5) is 23.1. The van der Waals surface area contributed by atoms with Crippen molar-refractivity contribution in [1.82, 2.24) is 4.98 Å². The molecule has 1 aromatic rings. The van der Waals surface area contributed by atoms with E-state index in [1.54, 1.807) is 0 Å². The summed E-state index contributed by atoms with van der Waals surface area (Å²) in [6, 6.07) is 0.128. The summed E-state index contributed by atoms with van der Waals surface area (Å²) < 4.78 is 63.5. The largest absolute Gasteiger partial charge is 0.574 e. The maximum Gasteiger partial charge on any atom is 0.574 e. The molecule has 1 aromatic heterocycles.